The number of rotatable bonds is 10. The van der Waals surface area contributed by atoms with Gasteiger partial charge in [0.05, 0.1) is 6.04 Å². The second-order valence-electron chi connectivity index (χ2n) is 11.5. The molecule has 0 amide bonds. The molecule has 3 aliphatic rings. The maximum atomic E-state index is 6.06. The summed E-state index contributed by atoms with van der Waals surface area (Å²) in [5.41, 5.74) is 13.2. The van der Waals surface area contributed by atoms with Crippen molar-refractivity contribution in [3.05, 3.63) is 84.2 Å². The number of fused-ring (bicyclic) bond motifs is 1. The predicted molar refractivity (Wildman–Crippen MR) is 141 cm³/mol. The Morgan fingerprint density at radius 1 is 1.06 bits per heavy atom. The summed E-state index contributed by atoms with van der Waals surface area (Å²) in [5.74, 6) is 4.07. The van der Waals surface area contributed by atoms with E-state index in [0.717, 1.165) is 23.6 Å². The Morgan fingerprint density at radius 3 is 2.21 bits per heavy atom. The molecule has 0 spiro atoms. The Bertz CT molecular complexity index is 911. The van der Waals surface area contributed by atoms with Gasteiger partial charge in [-0.3, -0.25) is 0 Å². The van der Waals surface area contributed by atoms with Crippen LogP contribution in [0, 0.1) is 41.4 Å². The third kappa shape index (κ3) is 5.00. The number of benzene rings is 1. The van der Waals surface area contributed by atoms with Crippen molar-refractivity contribution in [3.63, 3.8) is 0 Å². The van der Waals surface area contributed by atoms with Gasteiger partial charge in [-0.1, -0.05) is 89.8 Å². The van der Waals surface area contributed by atoms with Crippen LogP contribution in [0.1, 0.15) is 57.6 Å². The van der Waals surface area contributed by atoms with Gasteiger partial charge in [-0.25, -0.2) is 0 Å². The van der Waals surface area contributed by atoms with Crippen LogP contribution >= 0.6 is 0 Å². The normalized spacial score (nSPS) is 28.7. The van der Waals surface area contributed by atoms with E-state index in [0.29, 0.717) is 41.2 Å². The highest BCUT2D eigenvalue weighted by Crippen LogP contribution is 2.50. The Hall–Kier alpha value is -2.22. The lowest BCUT2D eigenvalue weighted by Crippen LogP contribution is -2.37. The van der Waals surface area contributed by atoms with E-state index in [4.69, 9.17) is 12.3 Å². The fourth-order valence-corrected chi connectivity index (χ4v) is 6.53. The molecular weight excluding hydrogens is 400 g/mol. The van der Waals surface area contributed by atoms with E-state index in [2.05, 4.69) is 70.1 Å². The maximum absolute atomic E-state index is 6.06. The van der Waals surface area contributed by atoms with Crippen LogP contribution < -0.4 is 11.1 Å². The SMILES string of the molecule is C=C(N)C(=C)C(CC1CC1)NC(=C)C1C(C(=C)C(C)C2Cc3ccccc3C2)CC(C)C1C. The first-order valence-corrected chi connectivity index (χ1v) is 13.0. The molecular formula is C31H44N2. The van der Waals surface area contributed by atoms with Crippen molar-refractivity contribution in [2.45, 2.75) is 65.3 Å². The molecule has 0 radical (unpaired) electrons. The second kappa shape index (κ2) is 9.57. The van der Waals surface area contributed by atoms with Crippen molar-refractivity contribution >= 4 is 0 Å². The molecule has 1 aromatic rings. The minimum Gasteiger partial charge on any atom is -0.399 e. The Kier molecular flexibility index (Phi) is 6.93. The van der Waals surface area contributed by atoms with Gasteiger partial charge in [-0.2, -0.15) is 0 Å². The smallest absolute Gasteiger partial charge is 0.0527 e. The zero-order valence-electron chi connectivity index (χ0n) is 21.1. The van der Waals surface area contributed by atoms with E-state index in [9.17, 15) is 0 Å². The van der Waals surface area contributed by atoms with E-state index in [1.807, 2.05) is 0 Å². The highest BCUT2D eigenvalue weighted by molar-refractivity contribution is 5.34. The van der Waals surface area contributed by atoms with Crippen molar-refractivity contribution in [2.75, 3.05) is 0 Å². The third-order valence-corrected chi connectivity index (χ3v) is 9.24. The molecule has 1 aromatic carbocycles. The quantitative estimate of drug-likeness (QED) is 0.307. The molecule has 0 aromatic heterocycles. The van der Waals surface area contributed by atoms with Crippen LogP contribution in [0.4, 0.5) is 0 Å². The van der Waals surface area contributed by atoms with Crippen LogP contribution in [-0.4, -0.2) is 6.04 Å². The zero-order chi connectivity index (χ0) is 23.9. The summed E-state index contributed by atoms with van der Waals surface area (Å²) in [7, 11) is 0. The molecule has 4 rings (SSSR count). The van der Waals surface area contributed by atoms with E-state index < -0.39 is 0 Å². The van der Waals surface area contributed by atoms with E-state index in [1.54, 1.807) is 0 Å². The Morgan fingerprint density at radius 2 is 1.67 bits per heavy atom. The van der Waals surface area contributed by atoms with Crippen molar-refractivity contribution in [2.24, 2.45) is 47.2 Å². The minimum atomic E-state index is 0.140. The Labute approximate surface area is 202 Å². The molecule has 0 saturated heterocycles. The third-order valence-electron chi connectivity index (χ3n) is 9.24. The lowest BCUT2D eigenvalue weighted by molar-refractivity contribution is 0.324. The molecule has 3 aliphatic carbocycles. The molecule has 3 N–H and O–H groups in total. The number of allylic oxidation sites excluding steroid dienone is 2. The van der Waals surface area contributed by atoms with Gasteiger partial charge in [0.2, 0.25) is 0 Å². The highest BCUT2D eigenvalue weighted by Gasteiger charge is 2.44. The molecule has 0 aliphatic heterocycles. The van der Waals surface area contributed by atoms with Crippen molar-refractivity contribution in [1.29, 1.82) is 0 Å². The first-order valence-electron chi connectivity index (χ1n) is 13.0. The van der Waals surface area contributed by atoms with Crippen LogP contribution in [0.5, 0.6) is 0 Å². The number of nitrogens with one attached hydrogen (secondary N) is 1. The van der Waals surface area contributed by atoms with Gasteiger partial charge in [0, 0.05) is 17.3 Å². The first kappa shape index (κ1) is 23.9. The number of hydrogen-bond donors (Lipinski definition) is 2. The van der Waals surface area contributed by atoms with Gasteiger partial charge >= 0.3 is 0 Å². The molecule has 6 atom stereocenters. The molecule has 33 heavy (non-hydrogen) atoms. The van der Waals surface area contributed by atoms with Crippen molar-refractivity contribution in [1.82, 2.24) is 5.32 Å². The topological polar surface area (TPSA) is 38.0 Å². The largest absolute Gasteiger partial charge is 0.399 e. The van der Waals surface area contributed by atoms with Crippen LogP contribution in [0.2, 0.25) is 0 Å². The molecule has 2 heteroatoms. The van der Waals surface area contributed by atoms with Gasteiger partial charge in [0.15, 0.2) is 0 Å². The molecule has 2 nitrogen and oxygen atoms in total. The minimum absolute atomic E-state index is 0.140. The predicted octanol–water partition coefficient (Wildman–Crippen LogP) is 6.80. The summed E-state index contributed by atoms with van der Waals surface area (Å²) in [4.78, 5) is 0. The first-order chi connectivity index (χ1) is 15.7. The summed E-state index contributed by atoms with van der Waals surface area (Å²) >= 11 is 0. The lowest BCUT2D eigenvalue weighted by atomic mass is 9.74. The van der Waals surface area contributed by atoms with Gasteiger partial charge < -0.3 is 11.1 Å². The fourth-order valence-electron chi connectivity index (χ4n) is 6.53. The molecule has 0 heterocycles. The fraction of sp³-hybridized carbons (Fsp3) is 0.548. The monoisotopic (exact) mass is 444 g/mol. The van der Waals surface area contributed by atoms with Crippen LogP contribution in [0.25, 0.3) is 0 Å². The summed E-state index contributed by atoms with van der Waals surface area (Å²) in [5, 5.41) is 3.79. The average molecular weight is 445 g/mol. The summed E-state index contributed by atoms with van der Waals surface area (Å²) < 4.78 is 0. The van der Waals surface area contributed by atoms with E-state index >= 15 is 0 Å². The van der Waals surface area contributed by atoms with Gasteiger partial charge in [-0.15, -0.1) is 0 Å². The van der Waals surface area contributed by atoms with Gasteiger partial charge in [0.1, 0.15) is 0 Å². The van der Waals surface area contributed by atoms with Crippen molar-refractivity contribution in [3.8, 4) is 0 Å². The molecule has 6 unspecified atom stereocenters. The van der Waals surface area contributed by atoms with Crippen molar-refractivity contribution < 1.29 is 0 Å². The van der Waals surface area contributed by atoms with Gasteiger partial charge in [-0.05, 0) is 77.9 Å². The Balaban J connectivity index is 1.48. The standard InChI is InChI=1S/C31H44N2/c1-18-14-29(21(4)20(3)28-16-26-10-8-9-11-27(26)17-28)31(19(18)2)24(7)33-30(15-25-12-13-25)22(5)23(6)32/h8-11,18-20,25,28-31,33H,4-7,12-17,32H2,1-3H3. The zero-order valence-corrected chi connectivity index (χ0v) is 21.1. The molecule has 2 saturated carbocycles. The van der Waals surface area contributed by atoms with Crippen LogP contribution in [0.3, 0.4) is 0 Å². The van der Waals surface area contributed by atoms with Crippen LogP contribution in [0.15, 0.2) is 73.1 Å². The summed E-state index contributed by atoms with van der Waals surface area (Å²) in [6.07, 6.45) is 7.26. The maximum Gasteiger partial charge on any atom is 0.0527 e. The highest BCUT2D eigenvalue weighted by atomic mass is 14.9. The van der Waals surface area contributed by atoms with Gasteiger partial charge in [0.25, 0.3) is 0 Å². The summed E-state index contributed by atoms with van der Waals surface area (Å²) in [6, 6.07) is 9.10. The molecule has 0 bridgehead atoms. The van der Waals surface area contributed by atoms with E-state index in [1.165, 1.54) is 48.8 Å². The number of hydrogen-bond acceptors (Lipinski definition) is 2. The molecule has 178 valence electrons. The average Bonchev–Trinajstić information content (AvgIpc) is 3.41. The summed E-state index contributed by atoms with van der Waals surface area (Å²) in [6.45, 7) is 24.7. The van der Waals surface area contributed by atoms with Crippen LogP contribution in [-0.2, 0) is 12.8 Å². The second-order valence-corrected chi connectivity index (χ2v) is 11.5. The molecule has 2 fully saturated rings. The number of nitrogens with two attached hydrogens (primary N) is 1. The van der Waals surface area contributed by atoms with E-state index in [-0.39, 0.29) is 6.04 Å². The lowest BCUT2D eigenvalue weighted by Gasteiger charge is -2.34.